The third-order valence-corrected chi connectivity index (χ3v) is 6.70. The number of nitrogens with one attached hydrogen (secondary N) is 3. The second-order valence-corrected chi connectivity index (χ2v) is 9.02. The largest absolute Gasteiger partial charge is 0.480 e. The first-order chi connectivity index (χ1) is 18.0. The molecular weight excluding hydrogens is 470 g/mol. The summed E-state index contributed by atoms with van der Waals surface area (Å²) in [6.45, 7) is 0.208. The summed E-state index contributed by atoms with van der Waals surface area (Å²) in [4.78, 5) is 39.6. The molecule has 0 fully saturated rings. The number of alkyl carbamates (subject to hydrolysis) is 1. The minimum Gasteiger partial charge on any atom is -0.480 e. The van der Waals surface area contributed by atoms with Crippen LogP contribution in [0.25, 0.3) is 22.0 Å². The Kier molecular flexibility index (Phi) is 6.89. The Morgan fingerprint density at radius 2 is 1.57 bits per heavy atom. The van der Waals surface area contributed by atoms with Gasteiger partial charge in [-0.1, -0.05) is 66.7 Å². The maximum Gasteiger partial charge on any atom is 0.407 e. The summed E-state index contributed by atoms with van der Waals surface area (Å²) in [6, 6.07) is 22.6. The van der Waals surface area contributed by atoms with Crippen molar-refractivity contribution in [3.8, 4) is 11.1 Å². The number of benzene rings is 3. The molecule has 0 bridgehead atoms. The van der Waals surface area contributed by atoms with Crippen LogP contribution in [0.1, 0.15) is 29.0 Å². The van der Waals surface area contributed by atoms with E-state index in [0.29, 0.717) is 0 Å². The van der Waals surface area contributed by atoms with Crippen molar-refractivity contribution in [2.45, 2.75) is 24.8 Å². The number of aromatic nitrogens is 1. The first kappa shape index (κ1) is 24.1. The van der Waals surface area contributed by atoms with Crippen LogP contribution in [-0.4, -0.2) is 47.3 Å². The Morgan fingerprint density at radius 1 is 0.919 bits per heavy atom. The van der Waals surface area contributed by atoms with Crippen LogP contribution in [0.15, 0.2) is 79.0 Å². The van der Waals surface area contributed by atoms with E-state index in [0.717, 1.165) is 38.7 Å². The summed E-state index contributed by atoms with van der Waals surface area (Å²) < 4.78 is 5.47. The molecule has 1 atom stereocenters. The molecule has 0 saturated carbocycles. The standard InChI is InChI=1S/C29H27N3O5/c33-27(32-26(28(34)35)15-18-16-31-25-12-6-5-7-19(18)25)13-14-30-29(36)37-17-24-22-10-3-1-8-20(22)21-9-2-4-11-23(21)24/h1-12,16,24,26,31H,13-15,17H2,(H,30,36)(H,32,33)(H,34,35)/t26-/m1/s1. The quantitative estimate of drug-likeness (QED) is 0.276. The van der Waals surface area contributed by atoms with Gasteiger partial charge in [0, 0.05) is 42.4 Å². The van der Waals surface area contributed by atoms with E-state index in [-0.39, 0.29) is 31.9 Å². The van der Waals surface area contributed by atoms with Crippen LogP contribution < -0.4 is 10.6 Å². The van der Waals surface area contributed by atoms with Gasteiger partial charge >= 0.3 is 12.1 Å². The minimum atomic E-state index is -1.12. The van der Waals surface area contributed by atoms with Crippen molar-refractivity contribution in [1.82, 2.24) is 15.6 Å². The van der Waals surface area contributed by atoms with Crippen molar-refractivity contribution >= 4 is 28.9 Å². The normalized spacial score (nSPS) is 13.0. The number of aliphatic carboxylic acids is 1. The topological polar surface area (TPSA) is 121 Å². The summed E-state index contributed by atoms with van der Waals surface area (Å²) in [7, 11) is 0. The zero-order valence-electron chi connectivity index (χ0n) is 20.1. The molecule has 0 spiro atoms. The fraction of sp³-hybridized carbons (Fsp3) is 0.207. The maximum absolute atomic E-state index is 12.4. The van der Waals surface area contributed by atoms with Gasteiger partial charge in [0.1, 0.15) is 12.6 Å². The number of amides is 2. The van der Waals surface area contributed by atoms with Crippen LogP contribution in [0.5, 0.6) is 0 Å². The lowest BCUT2D eigenvalue weighted by molar-refractivity contribution is -0.141. The lowest BCUT2D eigenvalue weighted by Gasteiger charge is -2.15. The molecule has 0 radical (unpaired) electrons. The Labute approximate surface area is 213 Å². The smallest absolute Gasteiger partial charge is 0.407 e. The first-order valence-corrected chi connectivity index (χ1v) is 12.2. The average molecular weight is 498 g/mol. The molecule has 0 saturated heterocycles. The van der Waals surface area contributed by atoms with Gasteiger partial charge in [-0.15, -0.1) is 0 Å². The number of rotatable bonds is 9. The van der Waals surface area contributed by atoms with Crippen LogP contribution >= 0.6 is 0 Å². The van der Waals surface area contributed by atoms with Gasteiger partial charge in [-0.05, 0) is 33.9 Å². The number of ether oxygens (including phenoxy) is 1. The molecule has 3 aromatic carbocycles. The summed E-state index contributed by atoms with van der Waals surface area (Å²) in [5.74, 6) is -1.64. The van der Waals surface area contributed by atoms with Gasteiger partial charge < -0.3 is 25.5 Å². The highest BCUT2D eigenvalue weighted by Gasteiger charge is 2.29. The highest BCUT2D eigenvalue weighted by Crippen LogP contribution is 2.44. The van der Waals surface area contributed by atoms with Crippen molar-refractivity contribution < 1.29 is 24.2 Å². The predicted molar refractivity (Wildman–Crippen MR) is 139 cm³/mol. The minimum absolute atomic E-state index is 0.0297. The number of H-pyrrole nitrogens is 1. The van der Waals surface area contributed by atoms with E-state index in [2.05, 4.69) is 27.8 Å². The molecular formula is C29H27N3O5. The molecule has 188 valence electrons. The summed E-state index contributed by atoms with van der Waals surface area (Å²) in [5, 5.41) is 15.7. The number of fused-ring (bicyclic) bond motifs is 4. The molecule has 8 heteroatoms. The third-order valence-electron chi connectivity index (χ3n) is 6.70. The van der Waals surface area contributed by atoms with Gasteiger partial charge in [-0.3, -0.25) is 4.79 Å². The van der Waals surface area contributed by atoms with Crippen molar-refractivity contribution in [1.29, 1.82) is 0 Å². The van der Waals surface area contributed by atoms with Crippen LogP contribution in [0.2, 0.25) is 0 Å². The lowest BCUT2D eigenvalue weighted by atomic mass is 9.98. The highest BCUT2D eigenvalue weighted by atomic mass is 16.5. The predicted octanol–water partition coefficient (Wildman–Crippen LogP) is 4.21. The van der Waals surface area contributed by atoms with E-state index in [9.17, 15) is 19.5 Å². The zero-order valence-corrected chi connectivity index (χ0v) is 20.1. The van der Waals surface area contributed by atoms with E-state index in [1.54, 1.807) is 6.20 Å². The molecule has 5 rings (SSSR count). The van der Waals surface area contributed by atoms with E-state index >= 15 is 0 Å². The molecule has 4 aromatic rings. The van der Waals surface area contributed by atoms with E-state index in [4.69, 9.17) is 4.74 Å². The number of aromatic amines is 1. The van der Waals surface area contributed by atoms with Crippen LogP contribution in [0.4, 0.5) is 4.79 Å². The number of carboxylic acids is 1. The summed E-state index contributed by atoms with van der Waals surface area (Å²) >= 11 is 0. The number of para-hydroxylation sites is 1. The summed E-state index contributed by atoms with van der Waals surface area (Å²) in [5.41, 5.74) is 6.23. The number of hydrogen-bond acceptors (Lipinski definition) is 4. The average Bonchev–Trinajstić information content (AvgIpc) is 3.46. The molecule has 2 amide bonds. The number of carbonyl (C=O) groups excluding carboxylic acids is 2. The number of hydrogen-bond donors (Lipinski definition) is 4. The fourth-order valence-corrected chi connectivity index (χ4v) is 4.91. The van der Waals surface area contributed by atoms with Gasteiger partial charge in [0.05, 0.1) is 0 Å². The van der Waals surface area contributed by atoms with Crippen LogP contribution in [0.3, 0.4) is 0 Å². The second-order valence-electron chi connectivity index (χ2n) is 9.02. The summed E-state index contributed by atoms with van der Waals surface area (Å²) in [6.07, 6.45) is 1.21. The first-order valence-electron chi connectivity index (χ1n) is 12.2. The van der Waals surface area contributed by atoms with Crippen molar-refractivity contribution in [2.75, 3.05) is 13.2 Å². The van der Waals surface area contributed by atoms with Crippen molar-refractivity contribution in [2.24, 2.45) is 0 Å². The van der Waals surface area contributed by atoms with Gasteiger partial charge in [-0.2, -0.15) is 0 Å². The van der Waals surface area contributed by atoms with Gasteiger partial charge in [0.15, 0.2) is 0 Å². The molecule has 1 aliphatic carbocycles. The lowest BCUT2D eigenvalue weighted by Crippen LogP contribution is -2.43. The fourth-order valence-electron chi connectivity index (χ4n) is 4.91. The molecule has 1 heterocycles. The Balaban J connectivity index is 1.10. The molecule has 37 heavy (non-hydrogen) atoms. The number of carbonyl (C=O) groups is 3. The van der Waals surface area contributed by atoms with E-state index in [1.807, 2.05) is 60.7 Å². The van der Waals surface area contributed by atoms with Crippen LogP contribution in [-0.2, 0) is 20.7 Å². The van der Waals surface area contributed by atoms with E-state index in [1.165, 1.54) is 0 Å². The monoisotopic (exact) mass is 497 g/mol. The number of carboxylic acid groups (broad SMARTS) is 1. The Hall–Kier alpha value is -4.59. The van der Waals surface area contributed by atoms with Gasteiger partial charge in [0.25, 0.3) is 0 Å². The Morgan fingerprint density at radius 3 is 2.27 bits per heavy atom. The molecule has 8 nitrogen and oxygen atoms in total. The van der Waals surface area contributed by atoms with E-state index < -0.39 is 24.0 Å². The SMILES string of the molecule is O=C(CCNC(=O)OCC1c2ccccc2-c2ccccc21)N[C@H](Cc1c[nH]c2ccccc12)C(=O)O. The maximum atomic E-state index is 12.4. The van der Waals surface area contributed by atoms with Gasteiger partial charge in [-0.25, -0.2) is 9.59 Å². The Bertz CT molecular complexity index is 1420. The highest BCUT2D eigenvalue weighted by molar-refractivity contribution is 5.87. The zero-order chi connectivity index (χ0) is 25.8. The van der Waals surface area contributed by atoms with Gasteiger partial charge in [0.2, 0.25) is 5.91 Å². The molecule has 1 aliphatic rings. The third kappa shape index (κ3) is 5.18. The molecule has 0 unspecified atom stereocenters. The molecule has 0 aliphatic heterocycles. The van der Waals surface area contributed by atoms with Crippen LogP contribution in [0, 0.1) is 0 Å². The second kappa shape index (κ2) is 10.6. The van der Waals surface area contributed by atoms with Crippen molar-refractivity contribution in [3.05, 3.63) is 95.7 Å². The molecule has 1 aromatic heterocycles. The van der Waals surface area contributed by atoms with Crippen molar-refractivity contribution in [3.63, 3.8) is 0 Å². The molecule has 4 N–H and O–H groups in total.